The molecule has 1 atom stereocenters. The molecule has 3 N–H and O–H groups in total. The second kappa shape index (κ2) is 7.82. The van der Waals surface area contributed by atoms with E-state index in [0.29, 0.717) is 23.4 Å². The summed E-state index contributed by atoms with van der Waals surface area (Å²) >= 11 is 5.86. The van der Waals surface area contributed by atoms with Crippen LogP contribution in [-0.2, 0) is 11.2 Å². The standard InChI is InChI=1S/C17H18ClNO3/c18-14-3-1-2-13(10-14)16(21)11-19-17(22)9-6-12-4-7-15(20)8-5-12/h1-5,7-8,10,16,20-21H,6,9,11H2,(H,19,22)/t16-/m0/s1. The normalized spacial score (nSPS) is 11.9. The van der Waals surface area contributed by atoms with Gasteiger partial charge in [-0.1, -0.05) is 35.9 Å². The minimum Gasteiger partial charge on any atom is -0.508 e. The molecule has 0 spiro atoms. The van der Waals surface area contributed by atoms with Crippen LogP contribution >= 0.6 is 11.6 Å². The number of phenolic OH excluding ortho intramolecular Hbond substituents is 1. The fourth-order valence-corrected chi connectivity index (χ4v) is 2.25. The number of aliphatic hydroxyl groups is 1. The molecule has 0 aliphatic carbocycles. The Morgan fingerprint density at radius 2 is 1.91 bits per heavy atom. The zero-order chi connectivity index (χ0) is 15.9. The van der Waals surface area contributed by atoms with Crippen LogP contribution in [0.25, 0.3) is 0 Å². The minimum atomic E-state index is -0.781. The lowest BCUT2D eigenvalue weighted by atomic mass is 10.1. The maximum atomic E-state index is 11.8. The number of phenols is 1. The van der Waals surface area contributed by atoms with Crippen LogP contribution in [0.15, 0.2) is 48.5 Å². The van der Waals surface area contributed by atoms with Gasteiger partial charge in [0.1, 0.15) is 5.75 Å². The van der Waals surface area contributed by atoms with Gasteiger partial charge in [0.2, 0.25) is 5.91 Å². The number of nitrogens with one attached hydrogen (secondary N) is 1. The highest BCUT2D eigenvalue weighted by Crippen LogP contribution is 2.17. The topological polar surface area (TPSA) is 69.6 Å². The van der Waals surface area contributed by atoms with Crippen LogP contribution in [0.3, 0.4) is 0 Å². The zero-order valence-electron chi connectivity index (χ0n) is 12.0. The Kier molecular flexibility index (Phi) is 5.81. The maximum Gasteiger partial charge on any atom is 0.220 e. The summed E-state index contributed by atoms with van der Waals surface area (Å²) in [5, 5.41) is 22.5. The van der Waals surface area contributed by atoms with Crippen LogP contribution in [0.2, 0.25) is 5.02 Å². The van der Waals surface area contributed by atoms with E-state index in [1.165, 1.54) is 0 Å². The molecule has 0 aliphatic heterocycles. The van der Waals surface area contributed by atoms with Crippen LogP contribution in [-0.4, -0.2) is 22.7 Å². The zero-order valence-corrected chi connectivity index (χ0v) is 12.8. The Labute approximate surface area is 134 Å². The number of benzene rings is 2. The van der Waals surface area contributed by atoms with E-state index in [9.17, 15) is 15.0 Å². The van der Waals surface area contributed by atoms with Crippen LogP contribution < -0.4 is 5.32 Å². The Balaban J connectivity index is 1.76. The van der Waals surface area contributed by atoms with Gasteiger partial charge in [-0.3, -0.25) is 4.79 Å². The van der Waals surface area contributed by atoms with E-state index >= 15 is 0 Å². The van der Waals surface area contributed by atoms with E-state index in [1.54, 1.807) is 48.5 Å². The molecule has 116 valence electrons. The van der Waals surface area contributed by atoms with Gasteiger partial charge in [-0.2, -0.15) is 0 Å². The highest BCUT2D eigenvalue weighted by Gasteiger charge is 2.10. The number of rotatable bonds is 6. The first-order valence-electron chi connectivity index (χ1n) is 7.03. The lowest BCUT2D eigenvalue weighted by molar-refractivity contribution is -0.121. The summed E-state index contributed by atoms with van der Waals surface area (Å²) in [4.78, 5) is 11.8. The third kappa shape index (κ3) is 5.06. The highest BCUT2D eigenvalue weighted by atomic mass is 35.5. The van der Waals surface area contributed by atoms with Crippen molar-refractivity contribution >= 4 is 17.5 Å². The Bertz CT molecular complexity index is 628. The van der Waals surface area contributed by atoms with Crippen molar-refractivity contribution in [1.82, 2.24) is 5.32 Å². The molecule has 4 nitrogen and oxygen atoms in total. The summed E-state index contributed by atoms with van der Waals surface area (Å²) in [6.45, 7) is 0.148. The van der Waals surface area contributed by atoms with Crippen LogP contribution in [0.5, 0.6) is 5.75 Å². The summed E-state index contributed by atoms with van der Waals surface area (Å²) in [6, 6.07) is 13.7. The van der Waals surface area contributed by atoms with Crippen molar-refractivity contribution < 1.29 is 15.0 Å². The third-order valence-electron chi connectivity index (χ3n) is 3.30. The van der Waals surface area contributed by atoms with Crippen molar-refractivity contribution in [3.05, 3.63) is 64.7 Å². The molecular formula is C17H18ClNO3. The van der Waals surface area contributed by atoms with Crippen molar-refractivity contribution in [1.29, 1.82) is 0 Å². The number of aliphatic hydroxyl groups excluding tert-OH is 1. The number of aryl methyl sites for hydroxylation is 1. The molecule has 0 fully saturated rings. The van der Waals surface area contributed by atoms with Gasteiger partial charge < -0.3 is 15.5 Å². The average Bonchev–Trinajstić information content (AvgIpc) is 2.52. The Morgan fingerprint density at radius 1 is 1.18 bits per heavy atom. The molecule has 2 aromatic carbocycles. The van der Waals surface area contributed by atoms with E-state index in [-0.39, 0.29) is 18.2 Å². The fraction of sp³-hybridized carbons (Fsp3) is 0.235. The lowest BCUT2D eigenvalue weighted by Gasteiger charge is -2.12. The summed E-state index contributed by atoms with van der Waals surface area (Å²) in [7, 11) is 0. The smallest absolute Gasteiger partial charge is 0.220 e. The number of aromatic hydroxyl groups is 1. The van der Waals surface area contributed by atoms with E-state index < -0.39 is 6.10 Å². The highest BCUT2D eigenvalue weighted by molar-refractivity contribution is 6.30. The Morgan fingerprint density at radius 3 is 2.59 bits per heavy atom. The predicted molar refractivity (Wildman–Crippen MR) is 85.8 cm³/mol. The largest absolute Gasteiger partial charge is 0.508 e. The van der Waals surface area contributed by atoms with Gasteiger partial charge in [-0.05, 0) is 41.8 Å². The first kappa shape index (κ1) is 16.3. The van der Waals surface area contributed by atoms with Gasteiger partial charge in [0.25, 0.3) is 0 Å². The number of halogens is 1. The number of carbonyl (C=O) groups excluding carboxylic acids is 1. The SMILES string of the molecule is O=C(CCc1ccc(O)cc1)NC[C@H](O)c1cccc(Cl)c1. The fourth-order valence-electron chi connectivity index (χ4n) is 2.05. The quantitative estimate of drug-likeness (QED) is 0.767. The molecule has 0 saturated carbocycles. The first-order chi connectivity index (χ1) is 10.5. The van der Waals surface area contributed by atoms with Gasteiger partial charge in [-0.25, -0.2) is 0 Å². The van der Waals surface area contributed by atoms with Gasteiger partial charge in [0.05, 0.1) is 6.10 Å². The molecule has 0 aromatic heterocycles. The van der Waals surface area contributed by atoms with Gasteiger partial charge in [0.15, 0.2) is 0 Å². The molecule has 5 heteroatoms. The molecule has 2 rings (SSSR count). The minimum absolute atomic E-state index is 0.130. The van der Waals surface area contributed by atoms with Crippen molar-refractivity contribution in [2.75, 3.05) is 6.54 Å². The molecule has 0 aliphatic rings. The van der Waals surface area contributed by atoms with Crippen molar-refractivity contribution in [3.8, 4) is 5.75 Å². The first-order valence-corrected chi connectivity index (χ1v) is 7.40. The monoisotopic (exact) mass is 319 g/mol. The van der Waals surface area contributed by atoms with E-state index in [4.69, 9.17) is 11.6 Å². The number of carbonyl (C=O) groups is 1. The molecule has 0 saturated heterocycles. The van der Waals surface area contributed by atoms with E-state index in [2.05, 4.69) is 5.32 Å². The van der Waals surface area contributed by atoms with Gasteiger partial charge in [0, 0.05) is 18.0 Å². The predicted octanol–water partition coefficient (Wildman–Crippen LogP) is 2.83. The van der Waals surface area contributed by atoms with E-state index in [1.807, 2.05) is 0 Å². The number of hydrogen-bond donors (Lipinski definition) is 3. The van der Waals surface area contributed by atoms with Crippen LogP contribution in [0, 0.1) is 0 Å². The second-order valence-electron chi connectivity index (χ2n) is 5.04. The molecule has 1 amide bonds. The molecule has 0 heterocycles. The number of hydrogen-bond acceptors (Lipinski definition) is 3. The summed E-state index contributed by atoms with van der Waals surface area (Å²) < 4.78 is 0. The van der Waals surface area contributed by atoms with Crippen molar-refractivity contribution in [3.63, 3.8) is 0 Å². The lowest BCUT2D eigenvalue weighted by Crippen LogP contribution is -2.28. The van der Waals surface area contributed by atoms with Crippen molar-refractivity contribution in [2.24, 2.45) is 0 Å². The molecule has 0 radical (unpaired) electrons. The summed E-state index contributed by atoms with van der Waals surface area (Å²) in [5.74, 6) is 0.0759. The maximum absolute atomic E-state index is 11.8. The second-order valence-corrected chi connectivity index (χ2v) is 5.48. The third-order valence-corrected chi connectivity index (χ3v) is 3.54. The molecule has 0 unspecified atom stereocenters. The van der Waals surface area contributed by atoms with Crippen LogP contribution in [0.4, 0.5) is 0 Å². The molecule has 2 aromatic rings. The van der Waals surface area contributed by atoms with Crippen LogP contribution in [0.1, 0.15) is 23.7 Å². The molecule has 0 bridgehead atoms. The van der Waals surface area contributed by atoms with Gasteiger partial charge >= 0.3 is 0 Å². The molecule has 22 heavy (non-hydrogen) atoms. The van der Waals surface area contributed by atoms with Crippen molar-refractivity contribution in [2.45, 2.75) is 18.9 Å². The average molecular weight is 320 g/mol. The summed E-state index contributed by atoms with van der Waals surface area (Å²) in [6.07, 6.45) is 0.128. The van der Waals surface area contributed by atoms with E-state index in [0.717, 1.165) is 5.56 Å². The Hall–Kier alpha value is -2.04. The number of amides is 1. The molecular weight excluding hydrogens is 302 g/mol. The van der Waals surface area contributed by atoms with Gasteiger partial charge in [-0.15, -0.1) is 0 Å². The summed E-state index contributed by atoms with van der Waals surface area (Å²) in [5.41, 5.74) is 1.65.